The molecule has 0 aromatic carbocycles. The Balaban J connectivity index is 2.18. The Kier molecular flexibility index (Phi) is 5.07. The largest absolute Gasteiger partial charge is 0.378 e. The van der Waals surface area contributed by atoms with E-state index in [4.69, 9.17) is 4.74 Å². The zero-order chi connectivity index (χ0) is 13.7. The summed E-state index contributed by atoms with van der Waals surface area (Å²) < 4.78 is 7.02. The number of hydrogen-bond acceptors (Lipinski definition) is 5. The van der Waals surface area contributed by atoms with Crippen molar-refractivity contribution in [2.45, 2.75) is 26.5 Å². The van der Waals surface area contributed by atoms with E-state index in [9.17, 15) is 0 Å². The van der Waals surface area contributed by atoms with Crippen LogP contribution in [-0.4, -0.2) is 28.4 Å². The SMILES string of the molecule is CCCNCc1sc(-c2cnn(C)c2)nc1COC. The fourth-order valence-electron chi connectivity index (χ4n) is 1.80. The van der Waals surface area contributed by atoms with E-state index in [0.717, 1.165) is 35.8 Å². The van der Waals surface area contributed by atoms with E-state index in [0.29, 0.717) is 6.61 Å². The third-order valence-electron chi connectivity index (χ3n) is 2.72. The summed E-state index contributed by atoms with van der Waals surface area (Å²) >= 11 is 1.71. The van der Waals surface area contributed by atoms with Crippen LogP contribution in [0.2, 0.25) is 0 Å². The van der Waals surface area contributed by atoms with Crippen LogP contribution >= 0.6 is 11.3 Å². The second-order valence-electron chi connectivity index (χ2n) is 4.40. The molecule has 0 amide bonds. The molecule has 0 aliphatic carbocycles. The molecule has 0 radical (unpaired) electrons. The van der Waals surface area contributed by atoms with E-state index >= 15 is 0 Å². The minimum Gasteiger partial charge on any atom is -0.378 e. The summed E-state index contributed by atoms with van der Waals surface area (Å²) in [6, 6.07) is 0. The predicted octanol–water partition coefficient (Wildman–Crippen LogP) is 2.19. The lowest BCUT2D eigenvalue weighted by Crippen LogP contribution is -2.14. The summed E-state index contributed by atoms with van der Waals surface area (Å²) in [6.45, 7) is 4.59. The zero-order valence-electron chi connectivity index (χ0n) is 11.6. The van der Waals surface area contributed by atoms with Crippen LogP contribution < -0.4 is 5.32 Å². The monoisotopic (exact) mass is 280 g/mol. The zero-order valence-corrected chi connectivity index (χ0v) is 12.5. The first-order valence-corrected chi connectivity index (χ1v) is 7.23. The Morgan fingerprint density at radius 3 is 2.95 bits per heavy atom. The van der Waals surface area contributed by atoms with Crippen molar-refractivity contribution < 1.29 is 4.74 Å². The Hall–Kier alpha value is -1.24. The van der Waals surface area contributed by atoms with E-state index in [1.165, 1.54) is 4.88 Å². The van der Waals surface area contributed by atoms with Gasteiger partial charge in [0.25, 0.3) is 0 Å². The quantitative estimate of drug-likeness (QED) is 0.790. The maximum atomic E-state index is 5.22. The molecule has 0 fully saturated rings. The standard InChI is InChI=1S/C13H20N4OS/c1-4-5-14-7-12-11(9-18-3)16-13(19-12)10-6-15-17(2)8-10/h6,8,14H,4-5,7,9H2,1-3H3. The van der Waals surface area contributed by atoms with Crippen molar-refractivity contribution in [2.24, 2.45) is 7.05 Å². The molecule has 0 saturated heterocycles. The van der Waals surface area contributed by atoms with Crippen LogP contribution in [0.5, 0.6) is 0 Å². The maximum absolute atomic E-state index is 5.22. The molecule has 104 valence electrons. The fraction of sp³-hybridized carbons (Fsp3) is 0.538. The van der Waals surface area contributed by atoms with Gasteiger partial charge in [-0.05, 0) is 13.0 Å². The van der Waals surface area contributed by atoms with Gasteiger partial charge in [-0.2, -0.15) is 5.10 Å². The van der Waals surface area contributed by atoms with E-state index in [2.05, 4.69) is 22.3 Å². The molecule has 0 spiro atoms. The number of rotatable bonds is 7. The first kappa shape index (κ1) is 14.2. The number of aryl methyl sites for hydroxylation is 1. The molecule has 2 aromatic heterocycles. The molecule has 2 rings (SSSR count). The molecular weight excluding hydrogens is 260 g/mol. The normalized spacial score (nSPS) is 11.1. The van der Waals surface area contributed by atoms with Crippen molar-refractivity contribution in [1.82, 2.24) is 20.1 Å². The highest BCUT2D eigenvalue weighted by Crippen LogP contribution is 2.28. The molecular formula is C13H20N4OS. The average Bonchev–Trinajstić information content (AvgIpc) is 2.97. The van der Waals surface area contributed by atoms with Crippen LogP contribution in [0.3, 0.4) is 0 Å². The van der Waals surface area contributed by atoms with Crippen LogP contribution in [0.1, 0.15) is 23.9 Å². The minimum atomic E-state index is 0.555. The Labute approximate surface area is 117 Å². The number of thiazole rings is 1. The highest BCUT2D eigenvalue weighted by atomic mass is 32.1. The third kappa shape index (κ3) is 3.62. The summed E-state index contributed by atoms with van der Waals surface area (Å²) in [6.07, 6.45) is 4.96. The Morgan fingerprint density at radius 2 is 2.32 bits per heavy atom. The Bertz CT molecular complexity index is 520. The van der Waals surface area contributed by atoms with Gasteiger partial charge in [0.15, 0.2) is 0 Å². The number of nitrogens with zero attached hydrogens (tertiary/aromatic N) is 3. The van der Waals surface area contributed by atoms with E-state index in [1.807, 2.05) is 19.4 Å². The predicted molar refractivity (Wildman–Crippen MR) is 77.0 cm³/mol. The van der Waals surface area contributed by atoms with Gasteiger partial charge in [-0.15, -0.1) is 11.3 Å². The molecule has 5 nitrogen and oxygen atoms in total. The number of nitrogens with one attached hydrogen (secondary N) is 1. The number of aromatic nitrogens is 3. The minimum absolute atomic E-state index is 0.555. The van der Waals surface area contributed by atoms with Gasteiger partial charge in [-0.3, -0.25) is 4.68 Å². The van der Waals surface area contributed by atoms with Gasteiger partial charge in [0.1, 0.15) is 5.01 Å². The van der Waals surface area contributed by atoms with Gasteiger partial charge in [0, 0.05) is 37.3 Å². The summed E-state index contributed by atoms with van der Waals surface area (Å²) in [4.78, 5) is 5.91. The van der Waals surface area contributed by atoms with Gasteiger partial charge in [-0.1, -0.05) is 6.92 Å². The topological polar surface area (TPSA) is 52.0 Å². The molecule has 0 bridgehead atoms. The van der Waals surface area contributed by atoms with E-state index in [-0.39, 0.29) is 0 Å². The van der Waals surface area contributed by atoms with Crippen molar-refractivity contribution in [3.05, 3.63) is 23.0 Å². The second-order valence-corrected chi connectivity index (χ2v) is 5.48. The van der Waals surface area contributed by atoms with Crippen molar-refractivity contribution in [2.75, 3.05) is 13.7 Å². The number of hydrogen-bond donors (Lipinski definition) is 1. The Morgan fingerprint density at radius 1 is 1.47 bits per heavy atom. The molecule has 0 unspecified atom stereocenters. The first-order chi connectivity index (χ1) is 9.24. The van der Waals surface area contributed by atoms with Gasteiger partial charge < -0.3 is 10.1 Å². The average molecular weight is 280 g/mol. The molecule has 0 aliphatic heterocycles. The molecule has 0 aliphatic rings. The van der Waals surface area contributed by atoms with Gasteiger partial charge in [0.2, 0.25) is 0 Å². The molecule has 2 aromatic rings. The van der Waals surface area contributed by atoms with Crippen molar-refractivity contribution in [3.63, 3.8) is 0 Å². The summed E-state index contributed by atoms with van der Waals surface area (Å²) in [5.74, 6) is 0. The highest BCUT2D eigenvalue weighted by molar-refractivity contribution is 7.15. The van der Waals surface area contributed by atoms with Crippen LogP contribution in [0.15, 0.2) is 12.4 Å². The molecule has 0 atom stereocenters. The molecule has 1 N–H and O–H groups in total. The molecule has 2 heterocycles. The number of methoxy groups -OCH3 is 1. The lowest BCUT2D eigenvalue weighted by atomic mass is 10.3. The third-order valence-corrected chi connectivity index (χ3v) is 3.87. The summed E-state index contributed by atoms with van der Waals surface area (Å²) in [5.41, 5.74) is 2.08. The smallest absolute Gasteiger partial charge is 0.127 e. The van der Waals surface area contributed by atoms with Crippen LogP contribution in [0.4, 0.5) is 0 Å². The van der Waals surface area contributed by atoms with Gasteiger partial charge >= 0.3 is 0 Å². The highest BCUT2D eigenvalue weighted by Gasteiger charge is 2.13. The van der Waals surface area contributed by atoms with Gasteiger partial charge in [-0.25, -0.2) is 4.98 Å². The summed E-state index contributed by atoms with van der Waals surface area (Å²) in [7, 11) is 3.61. The van der Waals surface area contributed by atoms with Crippen molar-refractivity contribution in [3.8, 4) is 10.6 Å². The lowest BCUT2D eigenvalue weighted by Gasteiger charge is -2.02. The van der Waals surface area contributed by atoms with Crippen molar-refractivity contribution >= 4 is 11.3 Å². The molecule has 6 heteroatoms. The second kappa shape index (κ2) is 6.79. The van der Waals surface area contributed by atoms with E-state index in [1.54, 1.807) is 23.1 Å². The molecule has 19 heavy (non-hydrogen) atoms. The maximum Gasteiger partial charge on any atom is 0.127 e. The van der Waals surface area contributed by atoms with Crippen LogP contribution in [-0.2, 0) is 24.9 Å². The first-order valence-electron chi connectivity index (χ1n) is 6.41. The van der Waals surface area contributed by atoms with Gasteiger partial charge in [0.05, 0.1) is 18.5 Å². The van der Waals surface area contributed by atoms with E-state index < -0.39 is 0 Å². The van der Waals surface area contributed by atoms with Crippen LogP contribution in [0, 0.1) is 0 Å². The lowest BCUT2D eigenvalue weighted by molar-refractivity contribution is 0.181. The van der Waals surface area contributed by atoms with Crippen LogP contribution in [0.25, 0.3) is 10.6 Å². The summed E-state index contributed by atoms with van der Waals surface area (Å²) in [5, 5.41) is 8.61. The number of ether oxygens (including phenoxy) is 1. The molecule has 0 saturated carbocycles. The van der Waals surface area contributed by atoms with Crippen molar-refractivity contribution in [1.29, 1.82) is 0 Å². The fourth-order valence-corrected chi connectivity index (χ4v) is 2.81.